The summed E-state index contributed by atoms with van der Waals surface area (Å²) in [7, 11) is 0. The van der Waals surface area contributed by atoms with Crippen molar-refractivity contribution in [2.24, 2.45) is 0 Å². The molecule has 1 fully saturated rings. The normalized spacial score (nSPS) is 15.2. The summed E-state index contributed by atoms with van der Waals surface area (Å²) in [6.45, 7) is 4.86. The number of para-hydroxylation sites is 2. The SMILES string of the molecule is CCOc1ccccc1NC(=O)[C@H](c1ccccc1)N1CCN(C(=O)c2cccs2)CC1. The minimum atomic E-state index is -0.454. The van der Waals surface area contributed by atoms with Crippen LogP contribution in [0.2, 0.25) is 0 Å². The summed E-state index contributed by atoms with van der Waals surface area (Å²) in [5.41, 5.74) is 1.59. The van der Waals surface area contributed by atoms with Crippen molar-refractivity contribution >= 4 is 28.8 Å². The maximum absolute atomic E-state index is 13.5. The number of anilines is 1. The van der Waals surface area contributed by atoms with Crippen molar-refractivity contribution in [3.05, 3.63) is 82.6 Å². The average Bonchev–Trinajstić information content (AvgIpc) is 3.36. The molecule has 166 valence electrons. The maximum atomic E-state index is 13.5. The van der Waals surface area contributed by atoms with E-state index in [-0.39, 0.29) is 11.8 Å². The maximum Gasteiger partial charge on any atom is 0.264 e. The fourth-order valence-corrected chi connectivity index (χ4v) is 4.65. The lowest BCUT2D eigenvalue weighted by atomic mass is 10.0. The van der Waals surface area contributed by atoms with Crippen molar-refractivity contribution in [2.75, 3.05) is 38.1 Å². The van der Waals surface area contributed by atoms with Gasteiger partial charge in [-0.3, -0.25) is 14.5 Å². The van der Waals surface area contributed by atoms with Crippen molar-refractivity contribution in [1.29, 1.82) is 0 Å². The van der Waals surface area contributed by atoms with Gasteiger partial charge >= 0.3 is 0 Å². The quantitative estimate of drug-likeness (QED) is 0.585. The summed E-state index contributed by atoms with van der Waals surface area (Å²) in [6.07, 6.45) is 0. The monoisotopic (exact) mass is 449 g/mol. The number of thiophene rings is 1. The number of piperazine rings is 1. The lowest BCUT2D eigenvalue weighted by Crippen LogP contribution is -2.51. The highest BCUT2D eigenvalue weighted by atomic mass is 32.1. The Balaban J connectivity index is 1.51. The van der Waals surface area contributed by atoms with Crippen LogP contribution in [0.25, 0.3) is 0 Å². The first-order valence-corrected chi connectivity index (χ1v) is 11.7. The number of nitrogens with zero attached hydrogens (tertiary/aromatic N) is 2. The van der Waals surface area contributed by atoms with Crippen LogP contribution >= 0.6 is 11.3 Å². The first-order chi connectivity index (χ1) is 15.7. The standard InChI is InChI=1S/C25H27N3O3S/c1-2-31-21-12-7-6-11-20(21)26-24(29)23(19-9-4-3-5-10-19)27-14-16-28(17-15-27)25(30)22-13-8-18-32-22/h3-13,18,23H,2,14-17H2,1H3,(H,26,29)/t23-/m0/s1. The Morgan fingerprint density at radius 2 is 1.69 bits per heavy atom. The van der Waals surface area contributed by atoms with Gasteiger partial charge in [-0.05, 0) is 36.1 Å². The number of hydrogen-bond donors (Lipinski definition) is 1. The highest BCUT2D eigenvalue weighted by Gasteiger charge is 2.32. The fourth-order valence-electron chi connectivity index (χ4n) is 3.96. The van der Waals surface area contributed by atoms with E-state index in [1.807, 2.05) is 83.9 Å². The molecule has 0 unspecified atom stereocenters. The Morgan fingerprint density at radius 1 is 0.969 bits per heavy atom. The summed E-state index contributed by atoms with van der Waals surface area (Å²) in [4.78, 5) is 31.0. The number of rotatable bonds is 7. The number of amides is 2. The highest BCUT2D eigenvalue weighted by molar-refractivity contribution is 7.12. The molecule has 1 aliphatic heterocycles. The Hall–Kier alpha value is -3.16. The van der Waals surface area contributed by atoms with Crippen molar-refractivity contribution in [3.8, 4) is 5.75 Å². The molecule has 4 rings (SSSR count). The van der Waals surface area contributed by atoms with Crippen molar-refractivity contribution < 1.29 is 14.3 Å². The van der Waals surface area contributed by atoms with Crippen LogP contribution in [-0.2, 0) is 4.79 Å². The summed E-state index contributed by atoms with van der Waals surface area (Å²) < 4.78 is 5.67. The van der Waals surface area contributed by atoms with E-state index < -0.39 is 6.04 Å². The number of ether oxygens (including phenoxy) is 1. The van der Waals surface area contributed by atoms with E-state index in [2.05, 4.69) is 10.2 Å². The minimum absolute atomic E-state index is 0.0611. The molecule has 1 aromatic heterocycles. The van der Waals surface area contributed by atoms with Crippen LogP contribution in [0.4, 0.5) is 5.69 Å². The molecule has 0 saturated carbocycles. The van der Waals surface area contributed by atoms with Gasteiger partial charge in [0.15, 0.2) is 0 Å². The molecule has 1 N–H and O–H groups in total. The molecule has 0 bridgehead atoms. The Kier molecular flexibility index (Phi) is 7.19. The van der Waals surface area contributed by atoms with E-state index in [1.54, 1.807) is 0 Å². The molecule has 6 nitrogen and oxygen atoms in total. The molecule has 0 radical (unpaired) electrons. The third-order valence-corrected chi connectivity index (χ3v) is 6.36. The predicted molar refractivity (Wildman–Crippen MR) is 127 cm³/mol. The van der Waals surface area contributed by atoms with Crippen LogP contribution in [0.15, 0.2) is 72.1 Å². The van der Waals surface area contributed by atoms with E-state index in [1.165, 1.54) is 11.3 Å². The van der Waals surface area contributed by atoms with E-state index in [0.29, 0.717) is 44.2 Å². The van der Waals surface area contributed by atoms with Crippen LogP contribution in [0.1, 0.15) is 28.2 Å². The number of benzene rings is 2. The van der Waals surface area contributed by atoms with Gasteiger partial charge in [0, 0.05) is 26.2 Å². The van der Waals surface area contributed by atoms with Crippen molar-refractivity contribution in [1.82, 2.24) is 9.80 Å². The second kappa shape index (κ2) is 10.4. The van der Waals surface area contributed by atoms with E-state index in [4.69, 9.17) is 4.74 Å². The predicted octanol–water partition coefficient (Wildman–Crippen LogP) is 4.28. The van der Waals surface area contributed by atoms with Crippen LogP contribution in [0.5, 0.6) is 5.75 Å². The first kappa shape index (κ1) is 22.0. The summed E-state index contributed by atoms with van der Waals surface area (Å²) in [5.74, 6) is 0.605. The third kappa shape index (κ3) is 5.00. The van der Waals surface area contributed by atoms with Crippen LogP contribution in [-0.4, -0.2) is 54.4 Å². The minimum Gasteiger partial charge on any atom is -0.492 e. The summed E-state index contributed by atoms with van der Waals surface area (Å²) in [5, 5.41) is 4.98. The highest BCUT2D eigenvalue weighted by Crippen LogP contribution is 2.28. The van der Waals surface area contributed by atoms with Gasteiger partial charge in [0.1, 0.15) is 11.8 Å². The molecule has 2 aromatic carbocycles. The molecule has 1 atom stereocenters. The second-order valence-corrected chi connectivity index (χ2v) is 8.48. The number of carbonyl (C=O) groups is 2. The number of nitrogens with one attached hydrogen (secondary N) is 1. The molecule has 3 aromatic rings. The van der Waals surface area contributed by atoms with E-state index >= 15 is 0 Å². The summed E-state index contributed by atoms with van der Waals surface area (Å²) >= 11 is 1.46. The topological polar surface area (TPSA) is 61.9 Å². The van der Waals surface area contributed by atoms with E-state index in [9.17, 15) is 9.59 Å². The first-order valence-electron chi connectivity index (χ1n) is 10.8. The summed E-state index contributed by atoms with van der Waals surface area (Å²) in [6, 6.07) is 20.5. The molecular weight excluding hydrogens is 422 g/mol. The molecule has 1 aliphatic rings. The molecule has 32 heavy (non-hydrogen) atoms. The molecule has 7 heteroatoms. The molecule has 0 spiro atoms. The zero-order chi connectivity index (χ0) is 22.3. The third-order valence-electron chi connectivity index (χ3n) is 5.51. The van der Waals surface area contributed by atoms with Crippen LogP contribution in [0.3, 0.4) is 0 Å². The van der Waals surface area contributed by atoms with Gasteiger partial charge < -0.3 is 15.0 Å². The Labute approximate surface area is 192 Å². The molecule has 2 amide bonds. The fraction of sp³-hybridized carbons (Fsp3) is 0.280. The van der Waals surface area contributed by atoms with Gasteiger partial charge in [-0.1, -0.05) is 48.5 Å². The molecule has 0 aliphatic carbocycles. The van der Waals surface area contributed by atoms with Gasteiger partial charge in [0.2, 0.25) is 5.91 Å². The molecule has 1 saturated heterocycles. The Bertz CT molecular complexity index is 1030. The van der Waals surface area contributed by atoms with E-state index in [0.717, 1.165) is 10.4 Å². The van der Waals surface area contributed by atoms with Gasteiger partial charge in [-0.25, -0.2) is 0 Å². The molecular formula is C25H27N3O3S. The number of hydrogen-bond acceptors (Lipinski definition) is 5. The average molecular weight is 450 g/mol. The van der Waals surface area contributed by atoms with Gasteiger partial charge in [-0.15, -0.1) is 11.3 Å². The second-order valence-electron chi connectivity index (χ2n) is 7.54. The van der Waals surface area contributed by atoms with Crippen LogP contribution < -0.4 is 10.1 Å². The zero-order valence-corrected chi connectivity index (χ0v) is 18.9. The van der Waals surface area contributed by atoms with Crippen LogP contribution in [0, 0.1) is 0 Å². The van der Waals surface area contributed by atoms with Crippen molar-refractivity contribution in [3.63, 3.8) is 0 Å². The number of carbonyl (C=O) groups excluding carboxylic acids is 2. The van der Waals surface area contributed by atoms with Gasteiger partial charge in [-0.2, -0.15) is 0 Å². The lowest BCUT2D eigenvalue weighted by molar-refractivity contribution is -0.122. The van der Waals surface area contributed by atoms with Gasteiger partial charge in [0.05, 0.1) is 17.2 Å². The smallest absolute Gasteiger partial charge is 0.264 e. The largest absolute Gasteiger partial charge is 0.492 e. The van der Waals surface area contributed by atoms with Crippen molar-refractivity contribution in [2.45, 2.75) is 13.0 Å². The lowest BCUT2D eigenvalue weighted by Gasteiger charge is -2.38. The zero-order valence-electron chi connectivity index (χ0n) is 18.1. The Morgan fingerprint density at radius 3 is 2.38 bits per heavy atom. The molecule has 2 heterocycles. The van der Waals surface area contributed by atoms with Gasteiger partial charge in [0.25, 0.3) is 5.91 Å².